The van der Waals surface area contributed by atoms with Crippen molar-refractivity contribution in [3.8, 4) is 0 Å². The average Bonchev–Trinajstić information content (AvgIpc) is 2.99. The summed E-state index contributed by atoms with van der Waals surface area (Å²) in [5.74, 6) is 3.01. The molecule has 0 aliphatic heterocycles. The van der Waals surface area contributed by atoms with Crippen molar-refractivity contribution >= 4 is 0 Å². The second-order valence-electron chi connectivity index (χ2n) is 6.23. The number of nitrogens with one attached hydrogen (secondary N) is 1. The van der Waals surface area contributed by atoms with E-state index in [1.165, 1.54) is 37.9 Å². The maximum Gasteiger partial charge on any atom is 0.108 e. The Labute approximate surface area is 117 Å². The maximum absolute atomic E-state index is 4.44. The van der Waals surface area contributed by atoms with Crippen molar-refractivity contribution in [1.82, 2.24) is 14.9 Å². The molecule has 1 heterocycles. The van der Waals surface area contributed by atoms with E-state index in [2.05, 4.69) is 35.8 Å². The minimum absolute atomic E-state index is 0.682. The fraction of sp³-hybridized carbons (Fsp3) is 0.812. The van der Waals surface area contributed by atoms with Gasteiger partial charge in [0.15, 0.2) is 0 Å². The Hall–Kier alpha value is -0.830. The highest BCUT2D eigenvalue weighted by atomic mass is 15.0. The summed E-state index contributed by atoms with van der Waals surface area (Å²) in [7, 11) is 2.09. The number of hydrogen-bond acceptors (Lipinski definition) is 2. The van der Waals surface area contributed by atoms with E-state index in [9.17, 15) is 0 Å². The molecule has 1 N–H and O–H groups in total. The normalized spacial score (nSPS) is 24.8. The molecule has 3 nitrogen and oxygen atoms in total. The van der Waals surface area contributed by atoms with Gasteiger partial charge in [0, 0.05) is 31.9 Å². The van der Waals surface area contributed by atoms with Crippen molar-refractivity contribution in [2.24, 2.45) is 18.9 Å². The molecule has 0 saturated heterocycles. The number of rotatable bonds is 7. The smallest absolute Gasteiger partial charge is 0.108 e. The lowest BCUT2D eigenvalue weighted by atomic mass is 9.93. The topological polar surface area (TPSA) is 29.9 Å². The Kier molecular flexibility index (Phi) is 5.44. The van der Waals surface area contributed by atoms with Gasteiger partial charge in [0.2, 0.25) is 0 Å². The molecule has 3 heteroatoms. The second kappa shape index (κ2) is 7.09. The molecule has 1 saturated carbocycles. The standard InChI is InChI=1S/C16H29N3/c1-4-9-17-15(14-6-5-13(2)12-14)7-8-16-18-10-11-19(16)3/h10-11,13-15,17H,4-9,12H2,1-3H3. The molecule has 1 aliphatic rings. The monoisotopic (exact) mass is 263 g/mol. The van der Waals surface area contributed by atoms with Crippen molar-refractivity contribution in [2.75, 3.05) is 6.54 Å². The van der Waals surface area contributed by atoms with E-state index >= 15 is 0 Å². The first-order valence-electron chi connectivity index (χ1n) is 7.90. The zero-order chi connectivity index (χ0) is 13.7. The van der Waals surface area contributed by atoms with Gasteiger partial charge >= 0.3 is 0 Å². The lowest BCUT2D eigenvalue weighted by Gasteiger charge is -2.25. The summed E-state index contributed by atoms with van der Waals surface area (Å²) >= 11 is 0. The lowest BCUT2D eigenvalue weighted by molar-refractivity contribution is 0.331. The van der Waals surface area contributed by atoms with Gasteiger partial charge in [0.1, 0.15) is 5.82 Å². The molecule has 1 aliphatic carbocycles. The van der Waals surface area contributed by atoms with E-state index < -0.39 is 0 Å². The third-order valence-electron chi connectivity index (χ3n) is 4.56. The minimum Gasteiger partial charge on any atom is -0.338 e. The van der Waals surface area contributed by atoms with Crippen LogP contribution in [0.4, 0.5) is 0 Å². The van der Waals surface area contributed by atoms with Crippen molar-refractivity contribution in [3.05, 3.63) is 18.2 Å². The van der Waals surface area contributed by atoms with Crippen LogP contribution in [0.3, 0.4) is 0 Å². The van der Waals surface area contributed by atoms with Gasteiger partial charge in [0.05, 0.1) is 0 Å². The van der Waals surface area contributed by atoms with E-state index in [1.807, 2.05) is 12.4 Å². The third kappa shape index (κ3) is 4.07. The summed E-state index contributed by atoms with van der Waals surface area (Å²) in [6.07, 6.45) is 11.7. The zero-order valence-electron chi connectivity index (χ0n) is 12.7. The highest BCUT2D eigenvalue weighted by Gasteiger charge is 2.28. The van der Waals surface area contributed by atoms with Crippen LogP contribution in [0.1, 0.15) is 51.8 Å². The van der Waals surface area contributed by atoms with E-state index in [0.717, 1.165) is 24.8 Å². The molecular weight excluding hydrogens is 234 g/mol. The van der Waals surface area contributed by atoms with Crippen LogP contribution in [0.5, 0.6) is 0 Å². The summed E-state index contributed by atoms with van der Waals surface area (Å²) < 4.78 is 2.15. The van der Waals surface area contributed by atoms with Crippen LogP contribution in [-0.4, -0.2) is 22.1 Å². The first kappa shape index (κ1) is 14.6. The second-order valence-corrected chi connectivity index (χ2v) is 6.23. The Morgan fingerprint density at radius 3 is 2.89 bits per heavy atom. The summed E-state index contributed by atoms with van der Waals surface area (Å²) in [6.45, 7) is 5.80. The van der Waals surface area contributed by atoms with Crippen molar-refractivity contribution in [3.63, 3.8) is 0 Å². The molecule has 1 aromatic rings. The van der Waals surface area contributed by atoms with Crippen LogP contribution in [0.15, 0.2) is 12.4 Å². The molecule has 19 heavy (non-hydrogen) atoms. The van der Waals surface area contributed by atoms with Gasteiger partial charge in [-0.1, -0.05) is 20.3 Å². The van der Waals surface area contributed by atoms with Crippen LogP contribution >= 0.6 is 0 Å². The van der Waals surface area contributed by atoms with Crippen LogP contribution in [0.25, 0.3) is 0 Å². The fourth-order valence-corrected chi connectivity index (χ4v) is 3.37. The van der Waals surface area contributed by atoms with E-state index in [4.69, 9.17) is 0 Å². The van der Waals surface area contributed by atoms with Gasteiger partial charge in [-0.05, 0) is 44.1 Å². The summed E-state index contributed by atoms with van der Waals surface area (Å²) in [5, 5.41) is 3.78. The van der Waals surface area contributed by atoms with Crippen LogP contribution in [0.2, 0.25) is 0 Å². The maximum atomic E-state index is 4.44. The fourth-order valence-electron chi connectivity index (χ4n) is 3.37. The Balaban J connectivity index is 1.88. The molecule has 108 valence electrons. The largest absolute Gasteiger partial charge is 0.338 e. The quantitative estimate of drug-likeness (QED) is 0.819. The van der Waals surface area contributed by atoms with Gasteiger partial charge in [-0.3, -0.25) is 0 Å². The van der Waals surface area contributed by atoms with Gasteiger partial charge < -0.3 is 9.88 Å². The van der Waals surface area contributed by atoms with Gasteiger partial charge in [-0.15, -0.1) is 0 Å². The molecule has 0 spiro atoms. The molecule has 2 rings (SSSR count). The molecular formula is C16H29N3. The zero-order valence-corrected chi connectivity index (χ0v) is 12.7. The molecule has 1 fully saturated rings. The summed E-state index contributed by atoms with van der Waals surface area (Å²) in [5.41, 5.74) is 0. The Bertz CT molecular complexity index is 372. The van der Waals surface area contributed by atoms with E-state index in [-0.39, 0.29) is 0 Å². The van der Waals surface area contributed by atoms with Crippen molar-refractivity contribution in [1.29, 1.82) is 0 Å². The van der Waals surface area contributed by atoms with E-state index in [0.29, 0.717) is 6.04 Å². The molecule has 0 amide bonds. The first-order valence-corrected chi connectivity index (χ1v) is 7.90. The molecule has 1 aromatic heterocycles. The number of hydrogen-bond donors (Lipinski definition) is 1. The van der Waals surface area contributed by atoms with Crippen LogP contribution in [0, 0.1) is 11.8 Å². The predicted molar refractivity (Wildman–Crippen MR) is 80.1 cm³/mol. The van der Waals surface area contributed by atoms with E-state index in [1.54, 1.807) is 0 Å². The predicted octanol–water partition coefficient (Wildman–Crippen LogP) is 3.16. The molecule has 3 atom stereocenters. The van der Waals surface area contributed by atoms with Crippen molar-refractivity contribution < 1.29 is 0 Å². The number of aryl methyl sites for hydroxylation is 2. The Morgan fingerprint density at radius 1 is 1.47 bits per heavy atom. The lowest BCUT2D eigenvalue weighted by Crippen LogP contribution is -2.36. The van der Waals surface area contributed by atoms with Gasteiger partial charge in [0.25, 0.3) is 0 Å². The van der Waals surface area contributed by atoms with Crippen LogP contribution < -0.4 is 5.32 Å². The van der Waals surface area contributed by atoms with Gasteiger partial charge in [-0.2, -0.15) is 0 Å². The minimum atomic E-state index is 0.682. The van der Waals surface area contributed by atoms with Gasteiger partial charge in [-0.25, -0.2) is 4.98 Å². The Morgan fingerprint density at radius 2 is 2.32 bits per heavy atom. The molecule has 0 radical (unpaired) electrons. The first-order chi connectivity index (χ1) is 9.20. The van der Waals surface area contributed by atoms with Crippen molar-refractivity contribution in [2.45, 2.75) is 58.4 Å². The highest BCUT2D eigenvalue weighted by molar-refractivity contribution is 4.93. The number of aromatic nitrogens is 2. The average molecular weight is 263 g/mol. The summed E-state index contributed by atoms with van der Waals surface area (Å²) in [6, 6.07) is 0.682. The SMILES string of the molecule is CCCNC(CCc1nccn1C)C1CCC(C)C1. The molecule has 0 bridgehead atoms. The highest BCUT2D eigenvalue weighted by Crippen LogP contribution is 2.33. The third-order valence-corrected chi connectivity index (χ3v) is 4.56. The number of nitrogens with zero attached hydrogens (tertiary/aromatic N) is 2. The van der Waals surface area contributed by atoms with Crippen LogP contribution in [-0.2, 0) is 13.5 Å². The summed E-state index contributed by atoms with van der Waals surface area (Å²) in [4.78, 5) is 4.44. The number of imidazole rings is 1. The molecule has 0 aromatic carbocycles. The molecule has 3 unspecified atom stereocenters.